The van der Waals surface area contributed by atoms with Crippen LogP contribution in [0.5, 0.6) is 11.5 Å². The number of amides is 1. The zero-order chi connectivity index (χ0) is 22.8. The maximum Gasteiger partial charge on any atom is 0.259 e. The first-order valence-electron chi connectivity index (χ1n) is 10.1. The molecule has 1 amide bonds. The molecule has 10 heteroatoms. The summed E-state index contributed by atoms with van der Waals surface area (Å²) in [4.78, 5) is 29.2. The Bertz CT molecular complexity index is 1380. The SMILES string of the molecule is O=C(Cn1cc(-c2nc(-c3ccc(Cl)cc3)no2)ccc1=O)Nc1ccc2c(c1)OCCO2. The number of hydrogen-bond donors (Lipinski definition) is 1. The van der Waals surface area contributed by atoms with Gasteiger partial charge in [0.05, 0.1) is 5.56 Å². The van der Waals surface area contributed by atoms with Gasteiger partial charge < -0.3 is 23.9 Å². The first kappa shape index (κ1) is 20.8. The lowest BCUT2D eigenvalue weighted by Crippen LogP contribution is -2.27. The van der Waals surface area contributed by atoms with Crippen molar-refractivity contribution in [3.05, 3.63) is 76.2 Å². The third-order valence-electron chi connectivity index (χ3n) is 4.90. The lowest BCUT2D eigenvalue weighted by molar-refractivity contribution is -0.116. The standard InChI is InChI=1S/C23H17ClN4O5/c24-16-4-1-14(2-5-16)22-26-23(33-27-22)15-3-8-21(30)28(12-15)13-20(29)25-17-6-7-18-19(11-17)32-10-9-31-18/h1-8,11-12H,9-10,13H2,(H,25,29). The van der Waals surface area contributed by atoms with Gasteiger partial charge in [-0.25, -0.2) is 0 Å². The van der Waals surface area contributed by atoms with E-state index in [0.717, 1.165) is 5.56 Å². The molecule has 0 unspecified atom stereocenters. The number of anilines is 1. The normalized spacial score (nSPS) is 12.4. The second-order valence-electron chi connectivity index (χ2n) is 7.22. The third-order valence-corrected chi connectivity index (χ3v) is 5.15. The van der Waals surface area contributed by atoms with Crippen LogP contribution in [-0.4, -0.2) is 33.8 Å². The number of nitrogens with one attached hydrogen (secondary N) is 1. The number of ether oxygens (including phenoxy) is 2. The molecule has 0 bridgehead atoms. The van der Waals surface area contributed by atoms with Crippen molar-refractivity contribution < 1.29 is 18.8 Å². The quantitative estimate of drug-likeness (QED) is 0.480. The fourth-order valence-corrected chi connectivity index (χ4v) is 3.44. The lowest BCUT2D eigenvalue weighted by Gasteiger charge is -2.19. The highest BCUT2D eigenvalue weighted by molar-refractivity contribution is 6.30. The van der Waals surface area contributed by atoms with E-state index in [4.69, 9.17) is 25.6 Å². The molecule has 3 heterocycles. The van der Waals surface area contributed by atoms with E-state index in [1.54, 1.807) is 48.5 Å². The van der Waals surface area contributed by atoms with Crippen LogP contribution in [0.4, 0.5) is 5.69 Å². The zero-order valence-corrected chi connectivity index (χ0v) is 17.9. The van der Waals surface area contributed by atoms with Crippen LogP contribution in [0.3, 0.4) is 0 Å². The Morgan fingerprint density at radius 1 is 1.00 bits per heavy atom. The number of pyridine rings is 1. The number of carbonyl (C=O) groups excluding carboxylic acids is 1. The van der Waals surface area contributed by atoms with Gasteiger partial charge in [0.15, 0.2) is 11.5 Å². The summed E-state index contributed by atoms with van der Waals surface area (Å²) >= 11 is 5.92. The molecule has 1 N–H and O–H groups in total. The Labute approximate surface area is 192 Å². The molecule has 0 atom stereocenters. The van der Waals surface area contributed by atoms with Gasteiger partial charge in [-0.2, -0.15) is 4.98 Å². The van der Waals surface area contributed by atoms with Crippen LogP contribution in [0.25, 0.3) is 22.8 Å². The van der Waals surface area contributed by atoms with Crippen molar-refractivity contribution in [1.29, 1.82) is 0 Å². The van der Waals surface area contributed by atoms with Gasteiger partial charge in [0.25, 0.3) is 11.4 Å². The smallest absolute Gasteiger partial charge is 0.259 e. The van der Waals surface area contributed by atoms with E-state index >= 15 is 0 Å². The second-order valence-corrected chi connectivity index (χ2v) is 7.66. The Balaban J connectivity index is 1.32. The largest absolute Gasteiger partial charge is 0.486 e. The van der Waals surface area contributed by atoms with Crippen LogP contribution in [0.15, 0.2) is 70.1 Å². The fourth-order valence-electron chi connectivity index (χ4n) is 3.31. The summed E-state index contributed by atoms with van der Waals surface area (Å²) in [7, 11) is 0. The van der Waals surface area contributed by atoms with Crippen LogP contribution in [0.1, 0.15) is 0 Å². The summed E-state index contributed by atoms with van der Waals surface area (Å²) in [5.74, 6) is 1.42. The highest BCUT2D eigenvalue weighted by Gasteiger charge is 2.15. The Hall–Kier alpha value is -4.11. The molecule has 1 aliphatic heterocycles. The molecule has 0 radical (unpaired) electrons. The summed E-state index contributed by atoms with van der Waals surface area (Å²) in [6.45, 7) is 0.737. The summed E-state index contributed by atoms with van der Waals surface area (Å²) in [6, 6.07) is 15.0. The van der Waals surface area contributed by atoms with Crippen LogP contribution in [0.2, 0.25) is 5.02 Å². The van der Waals surface area contributed by atoms with Crippen LogP contribution < -0.4 is 20.3 Å². The summed E-state index contributed by atoms with van der Waals surface area (Å²) in [5, 5.41) is 7.34. The minimum atomic E-state index is -0.377. The number of nitrogens with zero attached hydrogens (tertiary/aromatic N) is 3. The number of halogens is 1. The predicted molar refractivity (Wildman–Crippen MR) is 121 cm³/mol. The number of fused-ring (bicyclic) bond motifs is 1. The topological polar surface area (TPSA) is 108 Å². The van der Waals surface area contributed by atoms with Crippen molar-refractivity contribution in [2.24, 2.45) is 0 Å². The van der Waals surface area contributed by atoms with E-state index in [1.807, 2.05) is 0 Å². The highest BCUT2D eigenvalue weighted by atomic mass is 35.5. The van der Waals surface area contributed by atoms with E-state index in [2.05, 4.69) is 15.5 Å². The minimum Gasteiger partial charge on any atom is -0.486 e. The zero-order valence-electron chi connectivity index (χ0n) is 17.2. The van der Waals surface area contributed by atoms with Gasteiger partial charge in [0.1, 0.15) is 19.8 Å². The predicted octanol–water partition coefficient (Wildman–Crippen LogP) is 3.63. The first-order valence-corrected chi connectivity index (χ1v) is 10.4. The van der Waals surface area contributed by atoms with Crippen molar-refractivity contribution in [3.63, 3.8) is 0 Å². The molecule has 33 heavy (non-hydrogen) atoms. The van der Waals surface area contributed by atoms with Crippen molar-refractivity contribution in [2.75, 3.05) is 18.5 Å². The van der Waals surface area contributed by atoms with Gasteiger partial charge in [-0.3, -0.25) is 9.59 Å². The molecule has 4 aromatic rings. The molecular formula is C23H17ClN4O5. The number of carbonyl (C=O) groups is 1. The van der Waals surface area contributed by atoms with Crippen molar-refractivity contribution in [1.82, 2.24) is 14.7 Å². The van der Waals surface area contributed by atoms with Crippen LogP contribution in [0, 0.1) is 0 Å². The molecular weight excluding hydrogens is 448 g/mol. The maximum absolute atomic E-state index is 12.6. The highest BCUT2D eigenvalue weighted by Crippen LogP contribution is 2.32. The molecule has 2 aromatic heterocycles. The molecule has 5 rings (SSSR count). The van der Waals surface area contributed by atoms with E-state index in [9.17, 15) is 9.59 Å². The molecule has 9 nitrogen and oxygen atoms in total. The minimum absolute atomic E-state index is 0.195. The second kappa shape index (κ2) is 8.79. The van der Waals surface area contributed by atoms with Gasteiger partial charge in [0.2, 0.25) is 11.7 Å². The third kappa shape index (κ3) is 4.58. The molecule has 1 aliphatic rings. The van der Waals surface area contributed by atoms with E-state index in [1.165, 1.54) is 16.8 Å². The average molecular weight is 465 g/mol. The van der Waals surface area contributed by atoms with E-state index in [0.29, 0.717) is 46.8 Å². The van der Waals surface area contributed by atoms with Gasteiger partial charge in [-0.1, -0.05) is 16.8 Å². The maximum atomic E-state index is 12.6. The summed E-state index contributed by atoms with van der Waals surface area (Å²) in [6.07, 6.45) is 1.50. The molecule has 0 spiro atoms. The van der Waals surface area contributed by atoms with Crippen LogP contribution >= 0.6 is 11.6 Å². The molecule has 2 aromatic carbocycles. The van der Waals surface area contributed by atoms with Crippen molar-refractivity contribution >= 4 is 23.2 Å². The first-order chi connectivity index (χ1) is 16.0. The van der Waals surface area contributed by atoms with Gasteiger partial charge in [-0.15, -0.1) is 0 Å². The number of hydrogen-bond acceptors (Lipinski definition) is 7. The Morgan fingerprint density at radius 2 is 1.76 bits per heavy atom. The summed E-state index contributed by atoms with van der Waals surface area (Å²) < 4.78 is 17.6. The molecule has 166 valence electrons. The number of benzene rings is 2. The number of rotatable bonds is 5. The summed E-state index contributed by atoms with van der Waals surface area (Å²) in [5.41, 5.74) is 1.45. The van der Waals surface area contributed by atoms with Crippen LogP contribution in [-0.2, 0) is 11.3 Å². The van der Waals surface area contributed by atoms with Gasteiger partial charge >= 0.3 is 0 Å². The average Bonchev–Trinajstić information content (AvgIpc) is 3.31. The molecule has 0 saturated carbocycles. The monoisotopic (exact) mass is 464 g/mol. The molecule has 0 fully saturated rings. The Morgan fingerprint density at radius 3 is 2.58 bits per heavy atom. The van der Waals surface area contributed by atoms with Gasteiger partial charge in [-0.05, 0) is 42.5 Å². The Kier molecular flexibility index (Phi) is 5.54. The van der Waals surface area contributed by atoms with E-state index in [-0.39, 0.29) is 23.9 Å². The number of aromatic nitrogens is 3. The van der Waals surface area contributed by atoms with E-state index < -0.39 is 0 Å². The lowest BCUT2D eigenvalue weighted by atomic mass is 10.2. The molecule has 0 saturated heterocycles. The molecule has 0 aliphatic carbocycles. The van der Waals surface area contributed by atoms with Gasteiger partial charge in [0, 0.05) is 34.6 Å². The van der Waals surface area contributed by atoms with Crippen molar-refractivity contribution in [3.8, 4) is 34.3 Å². The van der Waals surface area contributed by atoms with Crippen molar-refractivity contribution in [2.45, 2.75) is 6.54 Å². The fraction of sp³-hybridized carbons (Fsp3) is 0.130.